The number of anilines is 1. The van der Waals surface area contributed by atoms with E-state index in [0.29, 0.717) is 16.5 Å². The highest BCUT2D eigenvalue weighted by molar-refractivity contribution is 7.07. The molecule has 0 bridgehead atoms. The monoisotopic (exact) mass is 469 g/mol. The minimum Gasteiger partial charge on any atom is -0.319 e. The molecule has 7 heteroatoms. The number of aldehydes is 1. The Kier molecular flexibility index (Phi) is 8.97. The summed E-state index contributed by atoms with van der Waals surface area (Å²) >= 11 is 8.16. The molecule has 1 aliphatic rings. The van der Waals surface area contributed by atoms with E-state index in [2.05, 4.69) is 27.1 Å². The van der Waals surface area contributed by atoms with Gasteiger partial charge in [0.15, 0.2) is 6.29 Å². The molecule has 1 aromatic carbocycles. The molecule has 2 aromatic heterocycles. The Morgan fingerprint density at radius 2 is 2.09 bits per heavy atom. The maximum Gasteiger partial charge on any atom is 0.223 e. The number of carbonyl (C=O) groups excluding carboxylic acids is 2. The first-order valence-corrected chi connectivity index (χ1v) is 12.0. The number of thiophene rings is 1. The van der Waals surface area contributed by atoms with Gasteiger partial charge in [0.25, 0.3) is 0 Å². The van der Waals surface area contributed by atoms with Crippen molar-refractivity contribution in [3.05, 3.63) is 69.5 Å². The van der Waals surface area contributed by atoms with Crippen molar-refractivity contribution in [1.82, 2.24) is 10.3 Å². The summed E-state index contributed by atoms with van der Waals surface area (Å²) in [5, 5.41) is 7.95. The molecule has 2 heterocycles. The Morgan fingerprint density at radius 1 is 1.28 bits per heavy atom. The third-order valence-corrected chi connectivity index (χ3v) is 6.25. The number of hydrogen-bond donors (Lipinski definition) is 1. The van der Waals surface area contributed by atoms with Gasteiger partial charge in [0.05, 0.1) is 16.4 Å². The van der Waals surface area contributed by atoms with E-state index < -0.39 is 0 Å². The molecule has 1 N–H and O–H groups in total. The zero-order valence-electron chi connectivity index (χ0n) is 18.4. The second kappa shape index (κ2) is 11.9. The summed E-state index contributed by atoms with van der Waals surface area (Å²) in [4.78, 5) is 28.6. The van der Waals surface area contributed by atoms with Gasteiger partial charge in [-0.1, -0.05) is 17.7 Å². The van der Waals surface area contributed by atoms with Crippen molar-refractivity contribution in [3.8, 4) is 11.3 Å². The summed E-state index contributed by atoms with van der Waals surface area (Å²) in [7, 11) is 1.98. The van der Waals surface area contributed by atoms with Crippen LogP contribution in [0.5, 0.6) is 0 Å². The Bertz CT molecular complexity index is 1020. The molecule has 5 nitrogen and oxygen atoms in total. The first kappa shape index (κ1) is 24.1. The van der Waals surface area contributed by atoms with Crippen LogP contribution in [0.2, 0.25) is 5.02 Å². The van der Waals surface area contributed by atoms with E-state index in [0.717, 1.165) is 42.7 Å². The van der Waals surface area contributed by atoms with Crippen LogP contribution in [0.25, 0.3) is 11.3 Å². The Balaban J connectivity index is 0.000000269. The molecule has 168 valence electrons. The van der Waals surface area contributed by atoms with Gasteiger partial charge in [0.2, 0.25) is 5.91 Å². The molecular formula is C25H28ClN3O2S. The van der Waals surface area contributed by atoms with Crippen LogP contribution < -0.4 is 10.2 Å². The molecule has 4 rings (SSSR count). The molecule has 0 aliphatic heterocycles. The number of carbonyl (C=O) groups is 2. The van der Waals surface area contributed by atoms with Crippen molar-refractivity contribution in [2.45, 2.75) is 26.2 Å². The molecular weight excluding hydrogens is 442 g/mol. The van der Waals surface area contributed by atoms with Crippen LogP contribution in [-0.2, 0) is 11.2 Å². The highest BCUT2D eigenvalue weighted by Gasteiger charge is 2.27. The Hall–Kier alpha value is -2.54. The van der Waals surface area contributed by atoms with Crippen LogP contribution >= 0.6 is 22.9 Å². The molecule has 0 spiro atoms. The molecule has 1 amide bonds. The second-order valence-corrected chi connectivity index (χ2v) is 9.01. The van der Waals surface area contributed by atoms with E-state index in [1.165, 1.54) is 24.6 Å². The van der Waals surface area contributed by atoms with Crippen LogP contribution in [0.15, 0.2) is 53.4 Å². The lowest BCUT2D eigenvalue weighted by atomic mass is 10.1. The van der Waals surface area contributed by atoms with Crippen molar-refractivity contribution in [2.24, 2.45) is 5.92 Å². The third kappa shape index (κ3) is 6.99. The fourth-order valence-electron chi connectivity index (χ4n) is 3.19. The fourth-order valence-corrected chi connectivity index (χ4v) is 4.18. The van der Waals surface area contributed by atoms with Gasteiger partial charge in [0, 0.05) is 30.8 Å². The molecule has 1 aliphatic carbocycles. The number of amides is 1. The maximum atomic E-state index is 11.9. The summed E-state index contributed by atoms with van der Waals surface area (Å²) in [5.41, 5.74) is 4.30. The first-order valence-electron chi connectivity index (χ1n) is 10.7. The number of hydrogen-bond acceptors (Lipinski definition) is 5. The molecule has 0 saturated heterocycles. The summed E-state index contributed by atoms with van der Waals surface area (Å²) in [6.45, 7) is 3.36. The molecule has 0 radical (unpaired) electrons. The van der Waals surface area contributed by atoms with Crippen LogP contribution in [0.1, 0.15) is 35.7 Å². The van der Waals surface area contributed by atoms with Gasteiger partial charge >= 0.3 is 0 Å². The molecule has 1 fully saturated rings. The zero-order valence-corrected chi connectivity index (χ0v) is 20.0. The summed E-state index contributed by atoms with van der Waals surface area (Å²) < 4.78 is 0. The zero-order chi connectivity index (χ0) is 22.9. The summed E-state index contributed by atoms with van der Waals surface area (Å²) in [6, 6.07) is 11.2. The standard InChI is InChI=1S/C18H17ClN2O2.C7H11NS/c1-12(23)21(10-13-2-3-13)18-7-5-15(8-16(18)19)17-6-4-14(11-22)9-20-17;1-8-4-2-7-3-5-9-6-7/h4-9,11,13H,2-3,10H2,1H3;3,5-6,8H,2,4H2,1H3. The van der Waals surface area contributed by atoms with E-state index >= 15 is 0 Å². The lowest BCUT2D eigenvalue weighted by Crippen LogP contribution is -2.30. The number of benzene rings is 1. The maximum absolute atomic E-state index is 11.9. The molecule has 1 saturated carbocycles. The van der Waals surface area contributed by atoms with E-state index in [1.807, 2.05) is 25.2 Å². The van der Waals surface area contributed by atoms with Crippen LogP contribution in [-0.4, -0.2) is 37.3 Å². The van der Waals surface area contributed by atoms with Crippen LogP contribution in [0.3, 0.4) is 0 Å². The molecule has 3 aromatic rings. The van der Waals surface area contributed by atoms with Gasteiger partial charge in [-0.15, -0.1) is 0 Å². The number of likely N-dealkylation sites (N-methyl/N-ethyl adjacent to an activating group) is 1. The fraction of sp³-hybridized carbons (Fsp3) is 0.320. The van der Waals surface area contributed by atoms with Gasteiger partial charge in [-0.05, 0) is 85.4 Å². The van der Waals surface area contributed by atoms with Crippen molar-refractivity contribution in [2.75, 3.05) is 25.0 Å². The molecule has 32 heavy (non-hydrogen) atoms. The molecule has 0 unspecified atom stereocenters. The van der Waals surface area contributed by atoms with Crippen LogP contribution in [0, 0.1) is 5.92 Å². The summed E-state index contributed by atoms with van der Waals surface area (Å²) in [6.07, 6.45) is 5.79. The average Bonchev–Trinajstić information content (AvgIpc) is 3.48. The van der Waals surface area contributed by atoms with Gasteiger partial charge < -0.3 is 10.2 Å². The Labute approximate surface area is 198 Å². The van der Waals surface area contributed by atoms with Gasteiger partial charge in [-0.25, -0.2) is 0 Å². The minimum absolute atomic E-state index is 0.0000101. The van der Waals surface area contributed by atoms with E-state index in [9.17, 15) is 9.59 Å². The number of rotatable bonds is 8. The normalized spacial score (nSPS) is 12.6. The van der Waals surface area contributed by atoms with Gasteiger partial charge in [-0.3, -0.25) is 14.6 Å². The van der Waals surface area contributed by atoms with E-state index in [-0.39, 0.29) is 5.91 Å². The van der Waals surface area contributed by atoms with Crippen molar-refractivity contribution in [3.63, 3.8) is 0 Å². The minimum atomic E-state index is 0.0000101. The number of aromatic nitrogens is 1. The number of pyridine rings is 1. The van der Waals surface area contributed by atoms with Crippen molar-refractivity contribution in [1.29, 1.82) is 0 Å². The number of nitrogens with zero attached hydrogens (tertiary/aromatic N) is 2. The number of nitrogens with one attached hydrogen (secondary N) is 1. The average molecular weight is 470 g/mol. The van der Waals surface area contributed by atoms with E-state index in [1.54, 1.807) is 35.3 Å². The van der Waals surface area contributed by atoms with Crippen LogP contribution in [0.4, 0.5) is 5.69 Å². The first-order chi connectivity index (χ1) is 15.5. The topological polar surface area (TPSA) is 62.3 Å². The van der Waals surface area contributed by atoms with E-state index in [4.69, 9.17) is 11.6 Å². The smallest absolute Gasteiger partial charge is 0.223 e. The predicted molar refractivity (Wildman–Crippen MR) is 133 cm³/mol. The Morgan fingerprint density at radius 3 is 2.62 bits per heavy atom. The second-order valence-electron chi connectivity index (χ2n) is 7.82. The lowest BCUT2D eigenvalue weighted by Gasteiger charge is -2.22. The highest BCUT2D eigenvalue weighted by atomic mass is 35.5. The SMILES string of the molecule is CC(=O)N(CC1CC1)c1ccc(-c2ccc(C=O)cn2)cc1Cl.CNCCc1ccsc1. The van der Waals surface area contributed by atoms with Gasteiger partial charge in [-0.2, -0.15) is 11.3 Å². The highest BCUT2D eigenvalue weighted by Crippen LogP contribution is 2.35. The van der Waals surface area contributed by atoms with Gasteiger partial charge in [0.1, 0.15) is 0 Å². The van der Waals surface area contributed by atoms with Crippen molar-refractivity contribution < 1.29 is 9.59 Å². The van der Waals surface area contributed by atoms with Crippen molar-refractivity contribution >= 4 is 40.8 Å². The molecule has 0 atom stereocenters. The largest absolute Gasteiger partial charge is 0.319 e. The summed E-state index contributed by atoms with van der Waals surface area (Å²) in [5.74, 6) is 0.590. The lowest BCUT2D eigenvalue weighted by molar-refractivity contribution is -0.116. The third-order valence-electron chi connectivity index (χ3n) is 5.22. The number of halogens is 1. The predicted octanol–water partition coefficient (Wildman–Crippen LogP) is 5.49. The quantitative estimate of drug-likeness (QED) is 0.443.